The van der Waals surface area contributed by atoms with Crippen LogP contribution in [0.3, 0.4) is 0 Å². The van der Waals surface area contributed by atoms with Crippen LogP contribution in [0.5, 0.6) is 0 Å². The molecule has 232 valence electrons. The Morgan fingerprint density at radius 2 is 1.68 bits per heavy atom. The van der Waals surface area contributed by atoms with Crippen LogP contribution in [0.15, 0.2) is 85.1 Å². The van der Waals surface area contributed by atoms with Gasteiger partial charge in [-0.05, 0) is 61.1 Å². The number of aromatic nitrogens is 1. The van der Waals surface area contributed by atoms with Gasteiger partial charge < -0.3 is 20.8 Å². The minimum absolute atomic E-state index is 0.114. The summed E-state index contributed by atoms with van der Waals surface area (Å²) in [6, 6.07) is 24.2. The van der Waals surface area contributed by atoms with Gasteiger partial charge in [-0.1, -0.05) is 87.4 Å². The Bertz CT molecular complexity index is 1550. The molecular formula is C37H45N3O4. The van der Waals surface area contributed by atoms with Crippen LogP contribution < -0.4 is 11.1 Å². The zero-order valence-corrected chi connectivity index (χ0v) is 26.1. The molecule has 1 aromatic heterocycles. The number of esters is 1. The standard InChI is InChI=1S/C37H45N3O4/c1-4-6-19-37(36(43)44-5-2,23-27-13-8-7-9-14-27)22-26(3)34(41)33(21-30-25-39-32-18-11-10-17-31(30)32)40-35(42)29-16-12-15-28(20-29)24-38/h7-18,20,25-26,33,39H,4-6,19,21-24,38H2,1-3H3,(H,40,42)/t26?,33-,37-/m1/s1. The molecule has 0 aliphatic heterocycles. The summed E-state index contributed by atoms with van der Waals surface area (Å²) in [7, 11) is 0. The lowest BCUT2D eigenvalue weighted by molar-refractivity contribution is -0.157. The third kappa shape index (κ3) is 8.03. The number of unbranched alkanes of at least 4 members (excludes halogenated alkanes) is 1. The van der Waals surface area contributed by atoms with E-state index < -0.39 is 17.4 Å². The van der Waals surface area contributed by atoms with Gasteiger partial charge in [-0.25, -0.2) is 0 Å². The van der Waals surface area contributed by atoms with Gasteiger partial charge in [0.1, 0.15) is 0 Å². The van der Waals surface area contributed by atoms with Crippen molar-refractivity contribution in [2.24, 2.45) is 17.1 Å². The Labute approximate surface area is 260 Å². The number of nitrogens with two attached hydrogens (primary N) is 1. The highest BCUT2D eigenvalue weighted by molar-refractivity contribution is 5.99. The summed E-state index contributed by atoms with van der Waals surface area (Å²) < 4.78 is 5.66. The second-order valence-corrected chi connectivity index (χ2v) is 11.8. The van der Waals surface area contributed by atoms with E-state index in [0.717, 1.165) is 40.4 Å². The van der Waals surface area contributed by atoms with Gasteiger partial charge in [0, 0.05) is 41.5 Å². The predicted molar refractivity (Wildman–Crippen MR) is 175 cm³/mol. The van der Waals surface area contributed by atoms with Crippen molar-refractivity contribution in [3.8, 4) is 0 Å². The van der Waals surface area contributed by atoms with E-state index in [1.807, 2.05) is 80.7 Å². The Kier molecular flexibility index (Phi) is 11.5. The van der Waals surface area contributed by atoms with E-state index in [4.69, 9.17) is 10.5 Å². The van der Waals surface area contributed by atoms with Crippen molar-refractivity contribution in [3.63, 3.8) is 0 Å². The van der Waals surface area contributed by atoms with E-state index in [1.165, 1.54) is 0 Å². The maximum atomic E-state index is 14.4. The number of carbonyl (C=O) groups is 3. The second kappa shape index (κ2) is 15.5. The molecule has 1 unspecified atom stereocenters. The lowest BCUT2D eigenvalue weighted by Gasteiger charge is -2.34. The molecule has 7 nitrogen and oxygen atoms in total. The molecular weight excluding hydrogens is 550 g/mol. The van der Waals surface area contributed by atoms with Crippen LogP contribution in [0.4, 0.5) is 0 Å². The molecule has 3 aromatic carbocycles. The number of hydrogen-bond donors (Lipinski definition) is 3. The first kappa shape index (κ1) is 32.7. The van der Waals surface area contributed by atoms with Gasteiger partial charge in [-0.3, -0.25) is 14.4 Å². The molecule has 1 amide bonds. The average molecular weight is 596 g/mol. The number of ketones is 1. The van der Waals surface area contributed by atoms with Gasteiger partial charge in [0.2, 0.25) is 0 Å². The Morgan fingerprint density at radius 3 is 2.41 bits per heavy atom. The zero-order valence-electron chi connectivity index (χ0n) is 26.1. The highest BCUT2D eigenvalue weighted by Crippen LogP contribution is 2.38. The molecule has 7 heteroatoms. The fourth-order valence-corrected chi connectivity index (χ4v) is 6.16. The van der Waals surface area contributed by atoms with Gasteiger partial charge in [0.15, 0.2) is 5.78 Å². The predicted octanol–water partition coefficient (Wildman–Crippen LogP) is 6.55. The molecule has 4 aromatic rings. The quantitative estimate of drug-likeness (QED) is 0.127. The minimum atomic E-state index is -0.868. The fraction of sp³-hybridized carbons (Fsp3) is 0.378. The number of Topliss-reactive ketones (excluding diaryl/α,β-unsaturated/α-hetero) is 1. The molecule has 4 N–H and O–H groups in total. The number of H-pyrrole nitrogens is 1. The topological polar surface area (TPSA) is 114 Å². The molecule has 44 heavy (non-hydrogen) atoms. The van der Waals surface area contributed by atoms with Crippen molar-refractivity contribution < 1.29 is 19.1 Å². The molecule has 0 saturated heterocycles. The summed E-state index contributed by atoms with van der Waals surface area (Å²) in [4.78, 5) is 44.9. The lowest BCUT2D eigenvalue weighted by Crippen LogP contribution is -2.46. The third-order valence-electron chi connectivity index (χ3n) is 8.46. The van der Waals surface area contributed by atoms with Gasteiger partial charge in [-0.15, -0.1) is 0 Å². The molecule has 0 bridgehead atoms. The van der Waals surface area contributed by atoms with Crippen LogP contribution in [-0.4, -0.2) is 35.3 Å². The average Bonchev–Trinajstić information content (AvgIpc) is 3.46. The molecule has 0 radical (unpaired) electrons. The van der Waals surface area contributed by atoms with Crippen LogP contribution >= 0.6 is 0 Å². The summed E-state index contributed by atoms with van der Waals surface area (Å²) in [6.07, 6.45) is 5.38. The van der Waals surface area contributed by atoms with Crippen molar-refractivity contribution >= 4 is 28.6 Å². The van der Waals surface area contributed by atoms with Crippen LogP contribution in [0, 0.1) is 11.3 Å². The summed E-state index contributed by atoms with van der Waals surface area (Å²) >= 11 is 0. The summed E-state index contributed by atoms with van der Waals surface area (Å²) in [5.74, 6) is -1.24. The number of ether oxygens (including phenoxy) is 1. The van der Waals surface area contributed by atoms with Crippen molar-refractivity contribution in [1.29, 1.82) is 0 Å². The molecule has 1 heterocycles. The van der Waals surface area contributed by atoms with Crippen LogP contribution in [0.25, 0.3) is 10.9 Å². The maximum Gasteiger partial charge on any atom is 0.312 e. The van der Waals surface area contributed by atoms with E-state index in [9.17, 15) is 14.4 Å². The van der Waals surface area contributed by atoms with E-state index in [2.05, 4.69) is 17.2 Å². The molecule has 0 aliphatic rings. The number of nitrogens with one attached hydrogen (secondary N) is 2. The first-order chi connectivity index (χ1) is 21.3. The van der Waals surface area contributed by atoms with Gasteiger partial charge in [0.05, 0.1) is 18.1 Å². The van der Waals surface area contributed by atoms with Gasteiger partial charge in [-0.2, -0.15) is 0 Å². The Hall–Kier alpha value is -4.23. The molecule has 4 rings (SSSR count). The number of para-hydroxylation sites is 1. The van der Waals surface area contributed by atoms with Crippen LogP contribution in [0.2, 0.25) is 0 Å². The van der Waals surface area contributed by atoms with Crippen molar-refractivity contribution in [3.05, 3.63) is 107 Å². The number of amides is 1. The number of benzene rings is 3. The van der Waals surface area contributed by atoms with E-state index in [0.29, 0.717) is 37.8 Å². The summed E-state index contributed by atoms with van der Waals surface area (Å²) in [6.45, 7) is 6.36. The molecule has 0 spiro atoms. The first-order valence-electron chi connectivity index (χ1n) is 15.7. The van der Waals surface area contributed by atoms with E-state index in [-0.39, 0.29) is 24.3 Å². The fourth-order valence-electron chi connectivity index (χ4n) is 6.16. The highest BCUT2D eigenvalue weighted by Gasteiger charge is 2.43. The molecule has 0 fully saturated rings. The second-order valence-electron chi connectivity index (χ2n) is 11.8. The van der Waals surface area contributed by atoms with Gasteiger partial charge >= 0.3 is 5.97 Å². The van der Waals surface area contributed by atoms with Crippen molar-refractivity contribution in [1.82, 2.24) is 10.3 Å². The summed E-state index contributed by atoms with van der Waals surface area (Å²) in [5, 5.41) is 4.05. The molecule has 0 aliphatic carbocycles. The van der Waals surface area contributed by atoms with Crippen molar-refractivity contribution in [2.75, 3.05) is 6.61 Å². The highest BCUT2D eigenvalue weighted by atomic mass is 16.5. The monoisotopic (exact) mass is 595 g/mol. The maximum absolute atomic E-state index is 14.4. The number of aromatic amines is 1. The van der Waals surface area contributed by atoms with Gasteiger partial charge in [0.25, 0.3) is 5.91 Å². The first-order valence-corrected chi connectivity index (χ1v) is 15.7. The Balaban J connectivity index is 1.67. The third-order valence-corrected chi connectivity index (χ3v) is 8.46. The molecule has 3 atom stereocenters. The summed E-state index contributed by atoms with van der Waals surface area (Å²) in [5.41, 5.74) is 9.17. The number of rotatable bonds is 16. The SMILES string of the molecule is CCCC[C@](Cc1ccccc1)(CC(C)C(=O)[C@@H](Cc1c[nH]c2ccccc12)NC(=O)c1cccc(CN)c1)C(=O)OCC. The lowest BCUT2D eigenvalue weighted by atomic mass is 9.70. The van der Waals surface area contributed by atoms with Crippen LogP contribution in [0.1, 0.15) is 73.5 Å². The smallest absolute Gasteiger partial charge is 0.312 e. The van der Waals surface area contributed by atoms with E-state index in [1.54, 1.807) is 18.2 Å². The number of fused-ring (bicyclic) bond motifs is 1. The largest absolute Gasteiger partial charge is 0.466 e. The number of carbonyl (C=O) groups excluding carboxylic acids is 3. The van der Waals surface area contributed by atoms with Crippen molar-refractivity contribution in [2.45, 2.75) is 71.9 Å². The zero-order chi connectivity index (χ0) is 31.5. The minimum Gasteiger partial charge on any atom is -0.466 e. The molecule has 0 saturated carbocycles. The normalized spacial score (nSPS) is 14.0. The number of hydrogen-bond acceptors (Lipinski definition) is 5. The Morgan fingerprint density at radius 1 is 0.955 bits per heavy atom. The van der Waals surface area contributed by atoms with Crippen LogP contribution in [-0.2, 0) is 33.7 Å². The van der Waals surface area contributed by atoms with E-state index >= 15 is 0 Å².